The first-order valence-electron chi connectivity index (χ1n) is 6.28. The lowest BCUT2D eigenvalue weighted by Gasteiger charge is -2.25. The van der Waals surface area contributed by atoms with Crippen molar-refractivity contribution >= 4 is 37.8 Å². The van der Waals surface area contributed by atoms with Gasteiger partial charge in [-0.1, -0.05) is 44.8 Å². The highest BCUT2D eigenvalue weighted by atomic mass is 79.9. The Balaban J connectivity index is 2.12. The quantitative estimate of drug-likeness (QED) is 0.725. The van der Waals surface area contributed by atoms with Gasteiger partial charge in [-0.25, -0.2) is 0 Å². The molecule has 0 aliphatic carbocycles. The fourth-order valence-electron chi connectivity index (χ4n) is 2.51. The largest absolute Gasteiger partial charge is 0.336 e. The molecular formula is C14H17Br2NO. The fraction of sp³-hybridized carbons (Fsp3) is 0.500. The molecule has 1 aromatic carbocycles. The molecule has 4 heteroatoms. The summed E-state index contributed by atoms with van der Waals surface area (Å²) in [5, 5.41) is 0. The van der Waals surface area contributed by atoms with E-state index in [1.165, 1.54) is 0 Å². The fourth-order valence-corrected chi connectivity index (χ4v) is 3.34. The van der Waals surface area contributed by atoms with Crippen LogP contribution in [0.1, 0.15) is 36.5 Å². The van der Waals surface area contributed by atoms with E-state index in [-0.39, 0.29) is 5.91 Å². The lowest BCUT2D eigenvalue weighted by atomic mass is 10.1. The zero-order chi connectivity index (χ0) is 13.1. The molecule has 0 N–H and O–H groups in total. The zero-order valence-electron chi connectivity index (χ0n) is 10.4. The summed E-state index contributed by atoms with van der Waals surface area (Å²) in [5.74, 6) is 0.159. The topological polar surface area (TPSA) is 20.3 Å². The molecule has 1 aliphatic rings. The molecule has 2 atom stereocenters. The molecule has 98 valence electrons. The van der Waals surface area contributed by atoms with E-state index in [1.807, 2.05) is 29.2 Å². The van der Waals surface area contributed by atoms with Gasteiger partial charge in [-0.15, -0.1) is 0 Å². The first-order valence-corrected chi connectivity index (χ1v) is 7.99. The van der Waals surface area contributed by atoms with Gasteiger partial charge >= 0.3 is 0 Å². The van der Waals surface area contributed by atoms with Gasteiger partial charge in [0.2, 0.25) is 0 Å². The van der Waals surface area contributed by atoms with E-state index in [0.717, 1.165) is 35.8 Å². The average molecular weight is 375 g/mol. The van der Waals surface area contributed by atoms with Crippen molar-refractivity contribution in [3.63, 3.8) is 0 Å². The lowest BCUT2D eigenvalue weighted by molar-refractivity contribution is 0.0731. The summed E-state index contributed by atoms with van der Waals surface area (Å²) in [5.41, 5.74) is 0.776. The number of carbonyl (C=O) groups is 1. The summed E-state index contributed by atoms with van der Waals surface area (Å²) < 4.78 is 0.956. The van der Waals surface area contributed by atoms with Crippen LogP contribution in [0.3, 0.4) is 0 Å². The molecular weight excluding hydrogens is 358 g/mol. The number of benzene rings is 1. The molecule has 18 heavy (non-hydrogen) atoms. The Kier molecular flexibility index (Phi) is 4.84. The Morgan fingerprint density at radius 3 is 3.00 bits per heavy atom. The Morgan fingerprint density at radius 1 is 1.56 bits per heavy atom. The molecule has 0 radical (unpaired) electrons. The molecule has 1 aliphatic heterocycles. The van der Waals surface area contributed by atoms with Gasteiger partial charge in [0.15, 0.2) is 0 Å². The first-order chi connectivity index (χ1) is 8.58. The summed E-state index contributed by atoms with van der Waals surface area (Å²) in [6, 6.07) is 8.02. The molecule has 0 spiro atoms. The van der Waals surface area contributed by atoms with E-state index in [2.05, 4.69) is 38.8 Å². The normalized spacial score (nSPS) is 21.1. The van der Waals surface area contributed by atoms with Crippen LogP contribution < -0.4 is 0 Å². The molecule has 1 heterocycles. The van der Waals surface area contributed by atoms with Gasteiger partial charge in [0, 0.05) is 27.4 Å². The standard InChI is InChI=1S/C14H17Br2NO/c1-10(15)8-13-6-3-7-17(13)14(18)11-4-2-5-12(16)9-11/h2,4-5,9-10,13H,3,6-8H2,1H3. The van der Waals surface area contributed by atoms with Gasteiger partial charge in [0.1, 0.15) is 0 Å². The smallest absolute Gasteiger partial charge is 0.254 e. The van der Waals surface area contributed by atoms with Crippen molar-refractivity contribution in [2.45, 2.75) is 37.1 Å². The van der Waals surface area contributed by atoms with Crippen molar-refractivity contribution in [1.82, 2.24) is 4.90 Å². The average Bonchev–Trinajstić information content (AvgIpc) is 2.75. The van der Waals surface area contributed by atoms with Crippen molar-refractivity contribution in [1.29, 1.82) is 0 Å². The third kappa shape index (κ3) is 3.35. The minimum absolute atomic E-state index is 0.159. The minimum atomic E-state index is 0.159. The van der Waals surface area contributed by atoms with Crippen molar-refractivity contribution in [2.75, 3.05) is 6.54 Å². The van der Waals surface area contributed by atoms with E-state index >= 15 is 0 Å². The predicted octanol–water partition coefficient (Wildman–Crippen LogP) is 4.23. The molecule has 2 nitrogen and oxygen atoms in total. The number of hydrogen-bond acceptors (Lipinski definition) is 1. The summed E-state index contributed by atoms with van der Waals surface area (Å²) in [7, 11) is 0. The van der Waals surface area contributed by atoms with Crippen molar-refractivity contribution in [2.24, 2.45) is 0 Å². The number of alkyl halides is 1. The summed E-state index contributed by atoms with van der Waals surface area (Å²) in [4.78, 5) is 15.0. The molecule has 1 aromatic rings. The summed E-state index contributed by atoms with van der Waals surface area (Å²) >= 11 is 7.00. The Bertz CT molecular complexity index is 434. The predicted molar refractivity (Wildman–Crippen MR) is 81.2 cm³/mol. The third-order valence-electron chi connectivity index (χ3n) is 3.31. The van der Waals surface area contributed by atoms with Gasteiger partial charge in [-0.05, 0) is 37.5 Å². The molecule has 1 amide bonds. The molecule has 1 saturated heterocycles. The zero-order valence-corrected chi connectivity index (χ0v) is 13.6. The van der Waals surface area contributed by atoms with Gasteiger partial charge in [-0.3, -0.25) is 4.79 Å². The van der Waals surface area contributed by atoms with Gasteiger partial charge in [-0.2, -0.15) is 0 Å². The second kappa shape index (κ2) is 6.20. The van der Waals surface area contributed by atoms with Crippen LogP contribution in [0.2, 0.25) is 0 Å². The maximum Gasteiger partial charge on any atom is 0.254 e. The van der Waals surface area contributed by atoms with E-state index in [4.69, 9.17) is 0 Å². The van der Waals surface area contributed by atoms with Crippen molar-refractivity contribution in [3.05, 3.63) is 34.3 Å². The van der Waals surface area contributed by atoms with Crippen molar-refractivity contribution < 1.29 is 4.79 Å². The number of likely N-dealkylation sites (tertiary alicyclic amines) is 1. The lowest BCUT2D eigenvalue weighted by Crippen LogP contribution is -2.36. The van der Waals surface area contributed by atoms with E-state index in [0.29, 0.717) is 10.9 Å². The number of amides is 1. The van der Waals surface area contributed by atoms with Gasteiger partial charge < -0.3 is 4.90 Å². The Morgan fingerprint density at radius 2 is 2.33 bits per heavy atom. The third-order valence-corrected chi connectivity index (χ3v) is 4.17. The highest BCUT2D eigenvalue weighted by molar-refractivity contribution is 9.10. The van der Waals surface area contributed by atoms with Crippen LogP contribution in [0.15, 0.2) is 28.7 Å². The van der Waals surface area contributed by atoms with E-state index in [1.54, 1.807) is 0 Å². The highest BCUT2D eigenvalue weighted by Gasteiger charge is 2.29. The second-order valence-corrected chi connectivity index (χ2v) is 7.30. The highest BCUT2D eigenvalue weighted by Crippen LogP contribution is 2.26. The van der Waals surface area contributed by atoms with E-state index < -0.39 is 0 Å². The molecule has 1 fully saturated rings. The summed E-state index contributed by atoms with van der Waals surface area (Å²) in [6.45, 7) is 3.02. The molecule has 2 rings (SSSR count). The van der Waals surface area contributed by atoms with Crippen LogP contribution in [0, 0.1) is 0 Å². The van der Waals surface area contributed by atoms with Gasteiger partial charge in [0.25, 0.3) is 5.91 Å². The molecule has 2 unspecified atom stereocenters. The van der Waals surface area contributed by atoms with E-state index in [9.17, 15) is 4.79 Å². The van der Waals surface area contributed by atoms with Crippen LogP contribution in [0.4, 0.5) is 0 Å². The first kappa shape index (κ1) is 14.1. The maximum atomic E-state index is 12.5. The minimum Gasteiger partial charge on any atom is -0.336 e. The molecule has 0 saturated carbocycles. The van der Waals surface area contributed by atoms with Crippen LogP contribution in [0.25, 0.3) is 0 Å². The number of rotatable bonds is 3. The Labute approximate surface area is 125 Å². The monoisotopic (exact) mass is 373 g/mol. The second-order valence-electron chi connectivity index (χ2n) is 4.82. The molecule has 0 aromatic heterocycles. The number of halogens is 2. The summed E-state index contributed by atoms with van der Waals surface area (Å²) in [6.07, 6.45) is 3.26. The number of hydrogen-bond donors (Lipinski definition) is 0. The molecule has 0 bridgehead atoms. The Hall–Kier alpha value is -0.350. The number of nitrogens with zero attached hydrogens (tertiary/aromatic N) is 1. The van der Waals surface area contributed by atoms with Crippen LogP contribution in [0.5, 0.6) is 0 Å². The van der Waals surface area contributed by atoms with Crippen LogP contribution >= 0.6 is 31.9 Å². The van der Waals surface area contributed by atoms with Crippen LogP contribution in [-0.4, -0.2) is 28.2 Å². The van der Waals surface area contributed by atoms with Gasteiger partial charge in [0.05, 0.1) is 0 Å². The van der Waals surface area contributed by atoms with Crippen molar-refractivity contribution in [3.8, 4) is 0 Å². The SMILES string of the molecule is CC(Br)CC1CCCN1C(=O)c1cccc(Br)c1. The number of carbonyl (C=O) groups excluding carboxylic acids is 1. The maximum absolute atomic E-state index is 12.5. The van der Waals surface area contributed by atoms with Crippen LogP contribution in [-0.2, 0) is 0 Å².